The van der Waals surface area contributed by atoms with Gasteiger partial charge in [-0.25, -0.2) is 9.97 Å². The maximum absolute atomic E-state index is 12.5. The van der Waals surface area contributed by atoms with Crippen LogP contribution in [-0.4, -0.2) is 54.1 Å². The number of nitrogens with zero attached hydrogens (tertiary/aromatic N) is 3. The van der Waals surface area contributed by atoms with Gasteiger partial charge in [-0.2, -0.15) is 0 Å². The zero-order valence-corrected chi connectivity index (χ0v) is 15.9. The Labute approximate surface area is 159 Å². The molecule has 1 fully saturated rings. The first-order valence-corrected chi connectivity index (χ1v) is 9.22. The first kappa shape index (κ1) is 18.9. The maximum atomic E-state index is 12.5. The van der Waals surface area contributed by atoms with E-state index in [-0.39, 0.29) is 11.9 Å². The molecule has 7 heteroatoms. The summed E-state index contributed by atoms with van der Waals surface area (Å²) in [5.41, 5.74) is 1.12. The minimum atomic E-state index is 0.202. The fourth-order valence-corrected chi connectivity index (χ4v) is 3.28. The van der Waals surface area contributed by atoms with E-state index in [9.17, 15) is 4.79 Å². The first-order valence-electron chi connectivity index (χ1n) is 9.22. The highest BCUT2D eigenvalue weighted by Gasteiger charge is 2.23. The molecule has 1 amide bonds. The Balaban J connectivity index is 1.46. The summed E-state index contributed by atoms with van der Waals surface area (Å²) >= 11 is 0. The molecule has 0 atom stereocenters. The van der Waals surface area contributed by atoms with Crippen LogP contribution >= 0.6 is 0 Å². The highest BCUT2D eigenvalue weighted by molar-refractivity contribution is 5.76. The number of rotatable bonds is 7. The molecule has 0 radical (unpaired) electrons. The number of amides is 1. The van der Waals surface area contributed by atoms with Gasteiger partial charge < -0.3 is 19.7 Å². The van der Waals surface area contributed by atoms with E-state index in [2.05, 4.69) is 15.3 Å². The summed E-state index contributed by atoms with van der Waals surface area (Å²) in [6, 6.07) is 8.14. The van der Waals surface area contributed by atoms with Crippen molar-refractivity contribution in [2.45, 2.75) is 31.7 Å². The van der Waals surface area contributed by atoms with Crippen LogP contribution in [0.5, 0.6) is 11.6 Å². The van der Waals surface area contributed by atoms with Crippen molar-refractivity contribution >= 4 is 11.7 Å². The van der Waals surface area contributed by atoms with Crippen molar-refractivity contribution in [3.63, 3.8) is 0 Å². The molecule has 1 aliphatic rings. The molecule has 1 aliphatic heterocycles. The van der Waals surface area contributed by atoms with Gasteiger partial charge in [-0.15, -0.1) is 0 Å². The molecule has 144 valence electrons. The normalized spacial score (nSPS) is 14.7. The maximum Gasteiger partial charge on any atom is 0.257 e. The number of nitrogens with one attached hydrogen (secondary N) is 1. The molecule has 3 rings (SSSR count). The number of carbonyl (C=O) groups is 1. The Hall–Kier alpha value is -2.83. The molecule has 1 aromatic heterocycles. The number of carbonyl (C=O) groups excluding carboxylic acids is 1. The van der Waals surface area contributed by atoms with Gasteiger partial charge in [0.2, 0.25) is 5.91 Å². The average Bonchev–Trinajstić information content (AvgIpc) is 2.73. The molecule has 7 nitrogen and oxygen atoms in total. The van der Waals surface area contributed by atoms with Crippen LogP contribution in [0.1, 0.15) is 24.8 Å². The lowest BCUT2D eigenvalue weighted by Gasteiger charge is -2.32. The molecule has 1 N–H and O–H groups in total. The summed E-state index contributed by atoms with van der Waals surface area (Å²) in [5, 5.41) is 3.38. The summed E-state index contributed by atoms with van der Waals surface area (Å²) in [6.07, 6.45) is 6.25. The predicted molar refractivity (Wildman–Crippen MR) is 103 cm³/mol. The predicted octanol–water partition coefficient (Wildman–Crippen LogP) is 2.53. The number of hydrogen-bond acceptors (Lipinski definition) is 6. The minimum absolute atomic E-state index is 0.202. The monoisotopic (exact) mass is 370 g/mol. The second-order valence-corrected chi connectivity index (χ2v) is 6.57. The number of aromatic nitrogens is 2. The van der Waals surface area contributed by atoms with Gasteiger partial charge in [0.25, 0.3) is 5.88 Å². The van der Waals surface area contributed by atoms with Crippen molar-refractivity contribution in [3.8, 4) is 11.6 Å². The number of methoxy groups -OCH3 is 2. The van der Waals surface area contributed by atoms with Gasteiger partial charge in [0.15, 0.2) is 5.82 Å². The van der Waals surface area contributed by atoms with E-state index < -0.39 is 0 Å². The topological polar surface area (TPSA) is 76.6 Å². The number of likely N-dealkylation sites (tertiary alicyclic amines) is 1. The molecule has 0 unspecified atom stereocenters. The van der Waals surface area contributed by atoms with Crippen molar-refractivity contribution in [1.29, 1.82) is 0 Å². The van der Waals surface area contributed by atoms with Crippen molar-refractivity contribution in [2.24, 2.45) is 0 Å². The molecule has 1 aromatic carbocycles. The Morgan fingerprint density at radius 1 is 1.19 bits per heavy atom. The molecule has 2 aromatic rings. The van der Waals surface area contributed by atoms with Crippen molar-refractivity contribution < 1.29 is 14.3 Å². The van der Waals surface area contributed by atoms with Crippen molar-refractivity contribution in [1.82, 2.24) is 14.9 Å². The number of benzene rings is 1. The van der Waals surface area contributed by atoms with E-state index in [0.29, 0.717) is 18.1 Å². The quantitative estimate of drug-likeness (QED) is 0.807. The largest absolute Gasteiger partial charge is 0.497 e. The molecule has 27 heavy (non-hydrogen) atoms. The number of piperidine rings is 1. The van der Waals surface area contributed by atoms with E-state index in [1.165, 1.54) is 0 Å². The van der Waals surface area contributed by atoms with E-state index >= 15 is 0 Å². The zero-order valence-electron chi connectivity index (χ0n) is 15.9. The summed E-state index contributed by atoms with van der Waals surface area (Å²) < 4.78 is 10.5. The van der Waals surface area contributed by atoms with Crippen LogP contribution in [-0.2, 0) is 11.2 Å². The lowest BCUT2D eigenvalue weighted by molar-refractivity contribution is -0.132. The van der Waals surface area contributed by atoms with Crippen LogP contribution < -0.4 is 14.8 Å². The van der Waals surface area contributed by atoms with Crippen LogP contribution in [0.2, 0.25) is 0 Å². The van der Waals surface area contributed by atoms with Gasteiger partial charge in [-0.3, -0.25) is 4.79 Å². The Bertz CT molecular complexity index is 760. The van der Waals surface area contributed by atoms with Gasteiger partial charge in [-0.1, -0.05) is 12.1 Å². The highest BCUT2D eigenvalue weighted by atomic mass is 16.5. The number of ether oxygens (including phenoxy) is 2. The fraction of sp³-hybridized carbons (Fsp3) is 0.450. The zero-order chi connectivity index (χ0) is 19.1. The molecular formula is C20H26N4O3. The molecule has 0 spiro atoms. The van der Waals surface area contributed by atoms with Crippen LogP contribution in [0, 0.1) is 0 Å². The van der Waals surface area contributed by atoms with Gasteiger partial charge in [0.1, 0.15) is 5.75 Å². The number of anilines is 1. The standard InChI is InChI=1S/C20H26N4O3/c1-26-17-5-3-4-15(14-17)6-7-18(25)24-12-8-16(9-13-24)23-19-20(27-2)22-11-10-21-19/h3-5,10-11,14,16H,6-9,12-13H2,1-2H3,(H,21,23). The summed E-state index contributed by atoms with van der Waals surface area (Å²) in [5.74, 6) is 2.18. The number of hydrogen-bond donors (Lipinski definition) is 1. The third kappa shape index (κ3) is 5.09. The molecule has 1 saturated heterocycles. The third-order valence-electron chi connectivity index (χ3n) is 4.81. The first-order chi connectivity index (χ1) is 13.2. The molecule has 0 bridgehead atoms. The SMILES string of the molecule is COc1cccc(CCC(=O)N2CCC(Nc3nccnc3OC)CC2)c1. The lowest BCUT2D eigenvalue weighted by Crippen LogP contribution is -2.42. The highest BCUT2D eigenvalue weighted by Crippen LogP contribution is 2.22. The van der Waals surface area contributed by atoms with Gasteiger partial charge in [-0.05, 0) is 37.0 Å². The van der Waals surface area contributed by atoms with Crippen molar-refractivity contribution in [3.05, 3.63) is 42.2 Å². The summed E-state index contributed by atoms with van der Waals surface area (Å²) in [7, 11) is 3.23. The van der Waals surface area contributed by atoms with Crippen molar-refractivity contribution in [2.75, 3.05) is 32.6 Å². The summed E-state index contributed by atoms with van der Waals surface area (Å²) in [4.78, 5) is 22.9. The Morgan fingerprint density at radius 3 is 2.70 bits per heavy atom. The Kier molecular flexibility index (Phi) is 6.46. The van der Waals surface area contributed by atoms with Gasteiger partial charge >= 0.3 is 0 Å². The minimum Gasteiger partial charge on any atom is -0.497 e. The third-order valence-corrected chi connectivity index (χ3v) is 4.81. The Morgan fingerprint density at radius 2 is 1.96 bits per heavy atom. The number of aryl methyl sites for hydroxylation is 1. The van der Waals surface area contributed by atoms with Crippen LogP contribution in [0.25, 0.3) is 0 Å². The molecule has 2 heterocycles. The van der Waals surface area contributed by atoms with Gasteiger partial charge in [0.05, 0.1) is 14.2 Å². The fourth-order valence-electron chi connectivity index (χ4n) is 3.28. The van der Waals surface area contributed by atoms with Crippen LogP contribution in [0.4, 0.5) is 5.82 Å². The average molecular weight is 370 g/mol. The lowest BCUT2D eigenvalue weighted by atomic mass is 10.0. The summed E-state index contributed by atoms with van der Waals surface area (Å²) in [6.45, 7) is 1.49. The smallest absolute Gasteiger partial charge is 0.257 e. The van der Waals surface area contributed by atoms with Crippen LogP contribution in [0.3, 0.4) is 0 Å². The second kappa shape index (κ2) is 9.21. The van der Waals surface area contributed by atoms with Gasteiger partial charge in [0, 0.05) is 37.9 Å². The van der Waals surface area contributed by atoms with E-state index in [4.69, 9.17) is 9.47 Å². The second-order valence-electron chi connectivity index (χ2n) is 6.57. The molecular weight excluding hydrogens is 344 g/mol. The van der Waals surface area contributed by atoms with E-state index in [1.807, 2.05) is 29.2 Å². The molecule has 0 saturated carbocycles. The van der Waals surface area contributed by atoms with E-state index in [0.717, 1.165) is 43.7 Å². The molecule has 0 aliphatic carbocycles. The van der Waals surface area contributed by atoms with Crippen LogP contribution in [0.15, 0.2) is 36.7 Å². The van der Waals surface area contributed by atoms with E-state index in [1.54, 1.807) is 26.6 Å².